The molecule has 0 radical (unpaired) electrons. The maximum absolute atomic E-state index is 13.4. The number of carbonyl (C=O) groups is 3. The van der Waals surface area contributed by atoms with Crippen LogP contribution in [-0.2, 0) is 16.0 Å². The molecule has 0 aliphatic rings. The number of nitrogens with one attached hydrogen (secondary N) is 1. The lowest BCUT2D eigenvalue weighted by Crippen LogP contribution is -2.32. The molecule has 7 nitrogen and oxygen atoms in total. The van der Waals surface area contributed by atoms with Gasteiger partial charge in [-0.1, -0.05) is 34.5 Å². The fraction of sp³-hybridized carbons (Fsp3) is 0.261. The standard InChI is InChI=1S/C23H22BrClN2O5/c1-12(23(30)31)11-26-21(28)9-16-13(2)27(22(29)14-4-6-15(24)7-5-14)19-10-18(25)20(32-3)8-17(16)19/h4-8,10,12H,9,11H2,1-3H3,(H,26,28)(H,30,31). The molecule has 0 aliphatic carbocycles. The maximum Gasteiger partial charge on any atom is 0.308 e. The Labute approximate surface area is 198 Å². The van der Waals surface area contributed by atoms with Gasteiger partial charge in [0.05, 0.1) is 30.0 Å². The zero-order valence-corrected chi connectivity index (χ0v) is 20.1. The largest absolute Gasteiger partial charge is 0.495 e. The fourth-order valence-electron chi connectivity index (χ4n) is 3.42. The van der Waals surface area contributed by atoms with Crippen molar-refractivity contribution in [1.29, 1.82) is 0 Å². The normalized spacial score (nSPS) is 11.9. The highest BCUT2D eigenvalue weighted by atomic mass is 79.9. The minimum absolute atomic E-state index is 0.0127. The molecule has 1 atom stereocenters. The van der Waals surface area contributed by atoms with Crippen LogP contribution in [0.3, 0.4) is 0 Å². The van der Waals surface area contributed by atoms with Gasteiger partial charge in [0.15, 0.2) is 0 Å². The quantitative estimate of drug-likeness (QED) is 0.479. The van der Waals surface area contributed by atoms with Crippen LogP contribution >= 0.6 is 27.5 Å². The average molecular weight is 522 g/mol. The van der Waals surface area contributed by atoms with Crippen LogP contribution in [-0.4, -0.2) is 41.1 Å². The van der Waals surface area contributed by atoms with E-state index in [4.69, 9.17) is 21.4 Å². The van der Waals surface area contributed by atoms with Gasteiger partial charge in [-0.15, -0.1) is 0 Å². The van der Waals surface area contributed by atoms with E-state index in [2.05, 4.69) is 21.2 Å². The Balaban J connectivity index is 2.06. The Morgan fingerprint density at radius 2 is 1.88 bits per heavy atom. The lowest BCUT2D eigenvalue weighted by Gasteiger charge is -2.09. The molecule has 9 heteroatoms. The highest BCUT2D eigenvalue weighted by molar-refractivity contribution is 9.10. The summed E-state index contributed by atoms with van der Waals surface area (Å²) in [6.45, 7) is 3.29. The molecule has 0 saturated carbocycles. The van der Waals surface area contributed by atoms with Crippen molar-refractivity contribution in [1.82, 2.24) is 9.88 Å². The van der Waals surface area contributed by atoms with Crippen LogP contribution < -0.4 is 10.1 Å². The lowest BCUT2D eigenvalue weighted by molar-refractivity contribution is -0.141. The van der Waals surface area contributed by atoms with Crippen LogP contribution in [0.5, 0.6) is 5.75 Å². The van der Waals surface area contributed by atoms with Crippen molar-refractivity contribution in [2.75, 3.05) is 13.7 Å². The van der Waals surface area contributed by atoms with Crippen molar-refractivity contribution in [2.45, 2.75) is 20.3 Å². The monoisotopic (exact) mass is 520 g/mol. The third-order valence-corrected chi connectivity index (χ3v) is 6.09. The molecule has 3 rings (SSSR count). The number of carbonyl (C=O) groups excluding carboxylic acids is 2. The molecule has 0 fully saturated rings. The lowest BCUT2D eigenvalue weighted by atomic mass is 10.1. The topological polar surface area (TPSA) is 97.6 Å². The SMILES string of the molecule is COc1cc2c(CC(=O)NCC(C)C(=O)O)c(C)n(C(=O)c3ccc(Br)cc3)c2cc1Cl. The number of ether oxygens (including phenoxy) is 1. The second-order valence-electron chi connectivity index (χ2n) is 7.44. The van der Waals surface area contributed by atoms with Crippen LogP contribution in [0.15, 0.2) is 40.9 Å². The van der Waals surface area contributed by atoms with Gasteiger partial charge in [-0.05, 0) is 48.9 Å². The molecule has 1 unspecified atom stereocenters. The van der Waals surface area contributed by atoms with Crippen LogP contribution in [0.2, 0.25) is 5.02 Å². The summed E-state index contributed by atoms with van der Waals surface area (Å²) in [4.78, 5) is 37.0. The van der Waals surface area contributed by atoms with Crippen molar-refractivity contribution in [2.24, 2.45) is 5.92 Å². The first-order chi connectivity index (χ1) is 15.1. The van der Waals surface area contributed by atoms with Crippen LogP contribution in [0.25, 0.3) is 10.9 Å². The Morgan fingerprint density at radius 3 is 2.47 bits per heavy atom. The zero-order valence-electron chi connectivity index (χ0n) is 17.7. The van der Waals surface area contributed by atoms with Crippen molar-refractivity contribution < 1.29 is 24.2 Å². The molecule has 0 spiro atoms. The predicted molar refractivity (Wildman–Crippen MR) is 126 cm³/mol. The molecule has 1 amide bonds. The first kappa shape index (κ1) is 23.8. The highest BCUT2D eigenvalue weighted by Crippen LogP contribution is 2.35. The van der Waals surface area contributed by atoms with Crippen LogP contribution in [0.4, 0.5) is 0 Å². The van der Waals surface area contributed by atoms with Gasteiger partial charge in [0.2, 0.25) is 5.91 Å². The number of aromatic nitrogens is 1. The summed E-state index contributed by atoms with van der Waals surface area (Å²) in [6, 6.07) is 10.3. The number of amides is 1. The molecule has 168 valence electrons. The van der Waals surface area contributed by atoms with E-state index < -0.39 is 11.9 Å². The van der Waals surface area contributed by atoms with Crippen molar-refractivity contribution in [3.8, 4) is 5.75 Å². The smallest absolute Gasteiger partial charge is 0.308 e. The number of benzene rings is 2. The van der Waals surface area contributed by atoms with Crippen molar-refractivity contribution in [3.63, 3.8) is 0 Å². The van der Waals surface area contributed by atoms with Gasteiger partial charge in [0, 0.05) is 27.7 Å². The minimum atomic E-state index is -0.988. The number of aliphatic carboxylic acids is 1. The van der Waals surface area contributed by atoms with E-state index in [9.17, 15) is 14.4 Å². The molecular formula is C23H22BrClN2O5. The number of fused-ring (bicyclic) bond motifs is 1. The van der Waals surface area contributed by atoms with Crippen LogP contribution in [0, 0.1) is 12.8 Å². The summed E-state index contributed by atoms with van der Waals surface area (Å²) < 4.78 is 7.71. The molecule has 1 aromatic heterocycles. The Kier molecular flexibility index (Phi) is 7.26. The summed E-state index contributed by atoms with van der Waals surface area (Å²) in [5.41, 5.74) is 2.27. The molecule has 0 saturated heterocycles. The molecule has 32 heavy (non-hydrogen) atoms. The van der Waals surface area contributed by atoms with E-state index in [1.807, 2.05) is 0 Å². The van der Waals surface area contributed by atoms with Gasteiger partial charge in [-0.3, -0.25) is 19.0 Å². The van der Waals surface area contributed by atoms with Gasteiger partial charge in [0.1, 0.15) is 5.75 Å². The first-order valence-corrected chi connectivity index (χ1v) is 11.0. The Morgan fingerprint density at radius 1 is 1.22 bits per heavy atom. The summed E-state index contributed by atoms with van der Waals surface area (Å²) in [7, 11) is 1.49. The van der Waals surface area contributed by atoms with E-state index in [1.165, 1.54) is 18.6 Å². The number of rotatable bonds is 7. The fourth-order valence-corrected chi connectivity index (χ4v) is 3.92. The molecule has 2 aromatic carbocycles. The second kappa shape index (κ2) is 9.75. The highest BCUT2D eigenvalue weighted by Gasteiger charge is 2.23. The molecule has 0 bridgehead atoms. The number of nitrogens with zero attached hydrogens (tertiary/aromatic N) is 1. The van der Waals surface area contributed by atoms with Gasteiger partial charge < -0.3 is 15.2 Å². The van der Waals surface area contributed by atoms with Gasteiger partial charge in [0.25, 0.3) is 5.91 Å². The van der Waals surface area contributed by atoms with E-state index in [1.54, 1.807) is 43.3 Å². The van der Waals surface area contributed by atoms with Gasteiger partial charge in [-0.25, -0.2) is 0 Å². The first-order valence-electron chi connectivity index (χ1n) is 9.81. The summed E-state index contributed by atoms with van der Waals surface area (Å²) in [5, 5.41) is 12.7. The van der Waals surface area contributed by atoms with Gasteiger partial charge in [-0.2, -0.15) is 0 Å². The van der Waals surface area contributed by atoms with E-state index in [0.29, 0.717) is 38.5 Å². The number of hydrogen-bond donors (Lipinski definition) is 2. The number of halogens is 2. The minimum Gasteiger partial charge on any atom is -0.495 e. The van der Waals surface area contributed by atoms with E-state index >= 15 is 0 Å². The molecule has 1 heterocycles. The van der Waals surface area contributed by atoms with Crippen LogP contribution in [0.1, 0.15) is 28.5 Å². The van der Waals surface area contributed by atoms with Crippen molar-refractivity contribution >= 4 is 56.2 Å². The number of methoxy groups -OCH3 is 1. The molecule has 2 N–H and O–H groups in total. The third-order valence-electron chi connectivity index (χ3n) is 5.27. The van der Waals surface area contributed by atoms with Gasteiger partial charge >= 0.3 is 5.97 Å². The number of carboxylic acids is 1. The Bertz CT molecular complexity index is 1200. The Hall–Kier alpha value is -2.84. The summed E-state index contributed by atoms with van der Waals surface area (Å²) >= 11 is 9.70. The number of carboxylic acid groups (broad SMARTS) is 1. The maximum atomic E-state index is 13.4. The molecule has 0 aliphatic heterocycles. The zero-order chi connectivity index (χ0) is 23.6. The molecule has 3 aromatic rings. The van der Waals surface area contributed by atoms with E-state index in [0.717, 1.165) is 4.47 Å². The van der Waals surface area contributed by atoms with Crippen molar-refractivity contribution in [3.05, 3.63) is 62.7 Å². The second-order valence-corrected chi connectivity index (χ2v) is 8.76. The third kappa shape index (κ3) is 4.81. The summed E-state index contributed by atoms with van der Waals surface area (Å²) in [6.07, 6.45) is -0.0277. The average Bonchev–Trinajstić information content (AvgIpc) is 3.01. The number of hydrogen-bond acceptors (Lipinski definition) is 4. The predicted octanol–water partition coefficient (Wildman–Crippen LogP) is 4.44. The molecular weight excluding hydrogens is 500 g/mol. The summed E-state index contributed by atoms with van der Waals surface area (Å²) in [5.74, 6) is -1.87. The van der Waals surface area contributed by atoms with E-state index in [-0.39, 0.29) is 24.8 Å².